The normalized spacial score (nSPS) is 27.1. The van der Waals surface area contributed by atoms with Crippen LogP contribution in [0.15, 0.2) is 46.6 Å². The molecule has 4 heterocycles. The van der Waals surface area contributed by atoms with E-state index >= 15 is 0 Å². The number of hydrogen-bond donors (Lipinski definition) is 3. The van der Waals surface area contributed by atoms with Crippen molar-refractivity contribution in [2.75, 3.05) is 51.6 Å². The molecule has 3 aliphatic rings. The number of hydrogen-bond acceptors (Lipinski definition) is 13. The van der Waals surface area contributed by atoms with Crippen LogP contribution in [0.5, 0.6) is 0 Å². The van der Waals surface area contributed by atoms with Crippen molar-refractivity contribution in [3.8, 4) is 0 Å². The third-order valence-corrected chi connectivity index (χ3v) is 11.4. The van der Waals surface area contributed by atoms with Gasteiger partial charge in [-0.3, -0.25) is 14.4 Å². The molecule has 5 atom stereocenters. The van der Waals surface area contributed by atoms with Crippen LogP contribution in [-0.2, 0) is 40.1 Å². The molecule has 1 aromatic rings. The molecule has 2 bridgehead atoms. The van der Waals surface area contributed by atoms with Gasteiger partial charge in [0.2, 0.25) is 11.8 Å². The van der Waals surface area contributed by atoms with Crippen LogP contribution in [0, 0.1) is 11.8 Å². The van der Waals surface area contributed by atoms with Gasteiger partial charge in [0.1, 0.15) is 30.8 Å². The zero-order valence-corrected chi connectivity index (χ0v) is 32.8. The van der Waals surface area contributed by atoms with Gasteiger partial charge < -0.3 is 39.4 Å². The minimum absolute atomic E-state index is 0.0243. The van der Waals surface area contributed by atoms with E-state index in [4.69, 9.17) is 9.15 Å². The molecule has 0 spiro atoms. The molecule has 1 unspecified atom stereocenters. The van der Waals surface area contributed by atoms with Crippen molar-refractivity contribution in [3.05, 3.63) is 53.8 Å². The van der Waals surface area contributed by atoms with Gasteiger partial charge in [0.05, 0.1) is 30.1 Å². The molecule has 300 valence electrons. The molecule has 0 aliphatic carbocycles. The van der Waals surface area contributed by atoms with Gasteiger partial charge in [0.15, 0.2) is 15.5 Å². The Labute approximate surface area is 317 Å². The van der Waals surface area contributed by atoms with Crippen LogP contribution in [0.25, 0.3) is 0 Å². The number of aliphatic hydroxyl groups excluding tert-OH is 1. The third-order valence-electron chi connectivity index (χ3n) is 9.26. The summed E-state index contributed by atoms with van der Waals surface area (Å²) in [5, 5.41) is 14.4. The number of esters is 1. The maximum atomic E-state index is 14.0. The average molecular weight is 778 g/mol. The molecule has 54 heavy (non-hydrogen) atoms. The number of carbonyl (C=O) groups is 5. The molecular formula is C37H55N5O11S. The van der Waals surface area contributed by atoms with Crippen LogP contribution >= 0.6 is 0 Å². The quantitative estimate of drug-likeness (QED) is 0.339. The second-order valence-corrected chi connectivity index (χ2v) is 16.1. The zero-order valence-electron chi connectivity index (χ0n) is 32.0. The molecule has 3 amide bonds. The number of cyclic esters (lactones) is 2. The number of rotatable bonds is 7. The summed E-state index contributed by atoms with van der Waals surface area (Å²) in [7, 11) is -3.87. The molecule has 0 aromatic carbocycles. The Morgan fingerprint density at radius 1 is 1.09 bits per heavy atom. The lowest BCUT2D eigenvalue weighted by atomic mass is 9.94. The van der Waals surface area contributed by atoms with Gasteiger partial charge in [-0.1, -0.05) is 64.5 Å². The highest BCUT2D eigenvalue weighted by Crippen LogP contribution is 2.30. The second kappa shape index (κ2) is 20.9. The molecule has 16 nitrogen and oxygen atoms in total. The predicted molar refractivity (Wildman–Crippen MR) is 199 cm³/mol. The fraction of sp³-hybridized carbons (Fsp3) is 0.622. The first-order valence-electron chi connectivity index (χ1n) is 18.4. The van der Waals surface area contributed by atoms with E-state index in [2.05, 4.69) is 20.4 Å². The van der Waals surface area contributed by atoms with Gasteiger partial charge >= 0.3 is 12.1 Å². The van der Waals surface area contributed by atoms with E-state index in [1.54, 1.807) is 32.1 Å². The number of aliphatic hydroxyl groups is 1. The van der Waals surface area contributed by atoms with Crippen LogP contribution in [0.1, 0.15) is 70.8 Å². The van der Waals surface area contributed by atoms with Crippen molar-refractivity contribution in [1.29, 1.82) is 0 Å². The number of fused-ring (bicyclic) bond motifs is 3. The van der Waals surface area contributed by atoms with Crippen molar-refractivity contribution >= 4 is 39.5 Å². The van der Waals surface area contributed by atoms with Crippen molar-refractivity contribution in [2.45, 2.75) is 84.3 Å². The van der Waals surface area contributed by atoms with Gasteiger partial charge in [-0.25, -0.2) is 23.0 Å². The largest absolute Gasteiger partial charge is 0.460 e. The second-order valence-electron chi connectivity index (χ2n) is 13.8. The lowest BCUT2D eigenvalue weighted by molar-refractivity contribution is -0.157. The first-order chi connectivity index (χ1) is 25.6. The highest BCUT2D eigenvalue weighted by molar-refractivity contribution is 7.92. The van der Waals surface area contributed by atoms with Gasteiger partial charge in [-0.2, -0.15) is 0 Å². The Morgan fingerprint density at radius 3 is 2.43 bits per heavy atom. The number of nitrogens with one attached hydrogen (secondary N) is 2. The highest BCUT2D eigenvalue weighted by atomic mass is 32.2. The molecule has 0 radical (unpaired) electrons. The van der Waals surface area contributed by atoms with Crippen LogP contribution < -0.4 is 10.6 Å². The average Bonchev–Trinajstić information content (AvgIpc) is 3.89. The van der Waals surface area contributed by atoms with E-state index < -0.39 is 51.1 Å². The van der Waals surface area contributed by atoms with Crippen molar-refractivity contribution in [1.82, 2.24) is 25.4 Å². The monoisotopic (exact) mass is 777 g/mol. The van der Waals surface area contributed by atoms with E-state index in [1.165, 1.54) is 12.2 Å². The van der Waals surface area contributed by atoms with Crippen molar-refractivity contribution < 1.29 is 51.4 Å². The van der Waals surface area contributed by atoms with E-state index in [-0.39, 0.29) is 79.9 Å². The van der Waals surface area contributed by atoms with Crippen molar-refractivity contribution in [2.24, 2.45) is 11.8 Å². The minimum atomic E-state index is -3.87. The number of Topliss-reactive ketones (excluding diaryl/α,β-unsaturated/α-hetero) is 1. The van der Waals surface area contributed by atoms with Crippen LogP contribution in [0.2, 0.25) is 0 Å². The fourth-order valence-corrected chi connectivity index (χ4v) is 8.27. The first-order valence-corrected chi connectivity index (χ1v) is 20.1. The van der Waals surface area contributed by atoms with E-state index in [9.17, 15) is 37.5 Å². The van der Waals surface area contributed by atoms with Crippen LogP contribution in [-0.4, -0.2) is 133 Å². The number of amides is 3. The van der Waals surface area contributed by atoms with Gasteiger partial charge in [0.25, 0.3) is 5.91 Å². The van der Waals surface area contributed by atoms with E-state index in [1.807, 2.05) is 32.6 Å². The molecule has 2 saturated heterocycles. The summed E-state index contributed by atoms with van der Waals surface area (Å²) >= 11 is 0. The van der Waals surface area contributed by atoms with Gasteiger partial charge in [-0.15, -0.1) is 0 Å². The molecule has 2 fully saturated rings. The maximum Gasteiger partial charge on any atom is 0.407 e. The maximum absolute atomic E-state index is 14.0. The van der Waals surface area contributed by atoms with Crippen LogP contribution in [0.3, 0.4) is 0 Å². The smallest absolute Gasteiger partial charge is 0.407 e. The standard InChI is InChI=1S/C34H50N4O9S.C3H5NO2/c1-7-37(8-2)16-17-48(44,45)28-13-15-38-31(28)34(43)47-32(22(3)4)24(6)11-12-29(41)35-14-9-10-23(5)18-25(39)19-26(40)20-30-36-27(21-46-30)33(38)42;5-3-4-1-2-6-3/h9-12,18,21-22,24-25,28,31-32,39H,7-8,13-17,19-20H2,1-6H3,(H,35,41);1-2H2,(H,4,5)/b10-9-,12-11-,23-18-;/t24-,25-,28-,31?,32-;/m1./s1. The number of oxazole rings is 1. The van der Waals surface area contributed by atoms with Crippen LogP contribution in [0.4, 0.5) is 4.79 Å². The summed E-state index contributed by atoms with van der Waals surface area (Å²) in [6.45, 7) is 14.1. The summed E-state index contributed by atoms with van der Waals surface area (Å²) in [5.41, 5.74) is 0.505. The Kier molecular flexibility index (Phi) is 17.1. The van der Waals surface area contributed by atoms with E-state index in [0.717, 1.165) is 11.2 Å². The summed E-state index contributed by atoms with van der Waals surface area (Å²) < 4.78 is 43.3. The molecule has 0 saturated carbocycles. The number of allylic oxidation sites excluding steroid dienone is 2. The summed E-state index contributed by atoms with van der Waals surface area (Å²) in [4.78, 5) is 70.2. The number of aromatic nitrogens is 1. The third kappa shape index (κ3) is 13.2. The number of sulfone groups is 1. The van der Waals surface area contributed by atoms with Gasteiger partial charge in [-0.05, 0) is 38.4 Å². The number of carbonyl (C=O) groups excluding carboxylic acids is 5. The topological polar surface area (TPSA) is 215 Å². The zero-order chi connectivity index (χ0) is 40.0. The summed E-state index contributed by atoms with van der Waals surface area (Å²) in [5.74, 6) is -3.23. The summed E-state index contributed by atoms with van der Waals surface area (Å²) in [6.07, 6.45) is 6.39. The fourth-order valence-electron chi connectivity index (χ4n) is 6.34. The molecule has 3 N–H and O–H groups in total. The summed E-state index contributed by atoms with van der Waals surface area (Å²) in [6, 6.07) is -1.44. The molecule has 3 aliphatic heterocycles. The lowest BCUT2D eigenvalue weighted by Gasteiger charge is -2.31. The predicted octanol–water partition coefficient (Wildman–Crippen LogP) is 2.00. The Balaban J connectivity index is 0.00000118. The first kappa shape index (κ1) is 44.0. The molecular weight excluding hydrogens is 722 g/mol. The molecule has 4 rings (SSSR count). The molecule has 1 aromatic heterocycles. The SMILES string of the molecule is CCN(CC)CCS(=O)(=O)[C@@H]1CCN2C(=O)c3coc(n3)CC(=O)C[C@H](O)/C=C(C)\C=C/CNC(=O)/C=C\[C@@H](C)[C@@H](C(C)C)OC(=O)C12.O=C1NCCO1. The van der Waals surface area contributed by atoms with Crippen molar-refractivity contribution in [3.63, 3.8) is 0 Å². The minimum Gasteiger partial charge on any atom is -0.460 e. The highest BCUT2D eigenvalue weighted by Gasteiger charge is 2.50. The van der Waals surface area contributed by atoms with E-state index in [0.29, 0.717) is 31.8 Å². The number of ketones is 1. The number of ether oxygens (including phenoxy) is 2. The Morgan fingerprint density at radius 2 is 1.81 bits per heavy atom. The van der Waals surface area contributed by atoms with Gasteiger partial charge in [0, 0.05) is 32.0 Å². The lowest BCUT2D eigenvalue weighted by Crippen LogP contribution is -2.50. The molecule has 17 heteroatoms. The Hall–Kier alpha value is -4.35. The number of nitrogens with zero attached hydrogens (tertiary/aromatic N) is 3. The number of alkyl carbamates (subject to hydrolysis) is 1. The Bertz CT molecular complexity index is 1660.